The van der Waals surface area contributed by atoms with Crippen molar-refractivity contribution in [1.82, 2.24) is 0 Å². The predicted octanol–water partition coefficient (Wildman–Crippen LogP) is 4.79. The Hall–Kier alpha value is -2.48. The number of ketones is 1. The van der Waals surface area contributed by atoms with E-state index in [1.54, 1.807) is 18.2 Å². The van der Waals surface area contributed by atoms with Gasteiger partial charge < -0.3 is 10.1 Å². The minimum absolute atomic E-state index is 0.0420. The van der Waals surface area contributed by atoms with Gasteiger partial charge in [0.1, 0.15) is 5.75 Å². The Balaban J connectivity index is 2.00. The maximum Gasteiger partial charge on any atom is 0.418 e. The van der Waals surface area contributed by atoms with Crippen molar-refractivity contribution in [2.24, 2.45) is 0 Å². The van der Waals surface area contributed by atoms with Gasteiger partial charge in [0.2, 0.25) is 5.91 Å². The molecule has 0 heterocycles. The van der Waals surface area contributed by atoms with E-state index in [0.29, 0.717) is 17.1 Å². The van der Waals surface area contributed by atoms with Gasteiger partial charge in [-0.3, -0.25) is 9.59 Å². The molecule has 27 heavy (non-hydrogen) atoms. The van der Waals surface area contributed by atoms with Gasteiger partial charge in [0.15, 0.2) is 5.78 Å². The summed E-state index contributed by atoms with van der Waals surface area (Å²) in [6, 6.07) is 9.83. The van der Waals surface area contributed by atoms with Crippen molar-refractivity contribution in [3.8, 4) is 5.75 Å². The fraction of sp³-hybridized carbons (Fsp3) is 0.263. The Labute approximate surface area is 159 Å². The highest BCUT2D eigenvalue weighted by Gasteiger charge is 2.33. The van der Waals surface area contributed by atoms with Gasteiger partial charge in [-0.1, -0.05) is 12.1 Å². The molecule has 0 fully saturated rings. The lowest BCUT2D eigenvalue weighted by atomic mass is 10.1. The van der Waals surface area contributed by atoms with Crippen LogP contribution in [0.2, 0.25) is 0 Å². The van der Waals surface area contributed by atoms with E-state index in [2.05, 4.69) is 5.32 Å². The molecule has 0 spiro atoms. The molecule has 0 aliphatic carbocycles. The molecule has 0 unspecified atom stereocenters. The normalized spacial score (nSPS) is 11.1. The minimum Gasteiger partial charge on any atom is -0.496 e. The number of rotatable bonds is 7. The molecular formula is C19H18F3NO3S. The average molecular weight is 397 g/mol. The second-order valence-electron chi connectivity index (χ2n) is 5.67. The number of amides is 1. The molecule has 1 amide bonds. The van der Waals surface area contributed by atoms with Crippen molar-refractivity contribution in [3.63, 3.8) is 0 Å². The quantitative estimate of drug-likeness (QED) is 0.683. The van der Waals surface area contributed by atoms with Crippen LogP contribution in [-0.4, -0.2) is 24.6 Å². The number of hydrogen-bond donors (Lipinski definition) is 1. The van der Waals surface area contributed by atoms with Crippen molar-refractivity contribution in [3.05, 3.63) is 59.2 Å². The molecule has 8 heteroatoms. The Bertz CT molecular complexity index is 837. The van der Waals surface area contributed by atoms with Crippen LogP contribution in [0.15, 0.2) is 42.5 Å². The molecule has 0 aromatic heterocycles. The Kier molecular flexibility index (Phi) is 6.90. The number of anilines is 1. The summed E-state index contributed by atoms with van der Waals surface area (Å²) in [4.78, 5) is 23.5. The van der Waals surface area contributed by atoms with Gasteiger partial charge in [-0.15, -0.1) is 11.8 Å². The summed E-state index contributed by atoms with van der Waals surface area (Å²) in [5.74, 6) is 0.275. The average Bonchev–Trinajstić information content (AvgIpc) is 2.61. The van der Waals surface area contributed by atoms with E-state index in [1.165, 1.54) is 44.0 Å². The Morgan fingerprint density at radius 3 is 2.48 bits per heavy atom. The molecule has 2 rings (SSSR count). The smallest absolute Gasteiger partial charge is 0.418 e. The number of nitrogens with one attached hydrogen (secondary N) is 1. The number of carbonyl (C=O) groups is 2. The molecule has 0 bridgehead atoms. The van der Waals surface area contributed by atoms with Gasteiger partial charge in [-0.25, -0.2) is 0 Å². The Morgan fingerprint density at radius 2 is 1.85 bits per heavy atom. The molecule has 4 nitrogen and oxygen atoms in total. The number of para-hydroxylation sites is 1. The van der Waals surface area contributed by atoms with Crippen LogP contribution in [0.1, 0.15) is 28.4 Å². The molecule has 0 aliphatic rings. The maximum absolute atomic E-state index is 13.0. The maximum atomic E-state index is 13.0. The monoisotopic (exact) mass is 397 g/mol. The topological polar surface area (TPSA) is 55.4 Å². The molecule has 0 atom stereocenters. The summed E-state index contributed by atoms with van der Waals surface area (Å²) in [6.45, 7) is 1.45. The number of methoxy groups -OCH3 is 1. The predicted molar refractivity (Wildman–Crippen MR) is 99.2 cm³/mol. The molecule has 1 N–H and O–H groups in total. The van der Waals surface area contributed by atoms with Crippen molar-refractivity contribution in [2.45, 2.75) is 18.9 Å². The third-order valence-electron chi connectivity index (χ3n) is 3.68. The summed E-state index contributed by atoms with van der Waals surface area (Å²) < 4.78 is 44.1. The van der Waals surface area contributed by atoms with Gasteiger partial charge in [0.25, 0.3) is 0 Å². The molecule has 0 saturated heterocycles. The van der Waals surface area contributed by atoms with Crippen LogP contribution < -0.4 is 10.1 Å². The molecule has 2 aromatic carbocycles. The number of ether oxygens (including phenoxy) is 1. The highest BCUT2D eigenvalue weighted by atomic mass is 32.2. The molecule has 0 aliphatic heterocycles. The van der Waals surface area contributed by atoms with Crippen LogP contribution in [0.5, 0.6) is 5.75 Å². The highest BCUT2D eigenvalue weighted by Crippen LogP contribution is 2.34. The molecular weight excluding hydrogens is 379 g/mol. The first kappa shape index (κ1) is 20.8. The lowest BCUT2D eigenvalue weighted by Gasteiger charge is -2.13. The fourth-order valence-corrected chi connectivity index (χ4v) is 3.19. The number of hydrogen-bond acceptors (Lipinski definition) is 4. The van der Waals surface area contributed by atoms with E-state index in [-0.39, 0.29) is 17.2 Å². The van der Waals surface area contributed by atoms with E-state index in [9.17, 15) is 22.8 Å². The molecule has 144 valence electrons. The van der Waals surface area contributed by atoms with E-state index >= 15 is 0 Å². The van der Waals surface area contributed by atoms with E-state index < -0.39 is 17.6 Å². The zero-order valence-electron chi connectivity index (χ0n) is 14.7. The van der Waals surface area contributed by atoms with Crippen LogP contribution in [0, 0.1) is 0 Å². The number of alkyl halides is 3. The summed E-state index contributed by atoms with van der Waals surface area (Å²) >= 11 is 1.21. The number of carbonyl (C=O) groups excluding carboxylic acids is 2. The van der Waals surface area contributed by atoms with Crippen LogP contribution in [0.3, 0.4) is 0 Å². The summed E-state index contributed by atoms with van der Waals surface area (Å²) in [5, 5.41) is 2.30. The number of benzene rings is 2. The minimum atomic E-state index is -4.54. The lowest BCUT2D eigenvalue weighted by molar-refractivity contribution is -0.137. The first-order chi connectivity index (χ1) is 12.7. The SMILES string of the molecule is COc1ccc(C(C)=O)cc1CSCC(=O)Nc1ccccc1C(F)(F)F. The van der Waals surface area contributed by atoms with Gasteiger partial charge in [-0.05, 0) is 37.3 Å². The molecule has 0 radical (unpaired) electrons. The first-order valence-electron chi connectivity index (χ1n) is 7.94. The second kappa shape index (κ2) is 8.94. The van der Waals surface area contributed by atoms with Gasteiger partial charge in [0.05, 0.1) is 24.1 Å². The van der Waals surface area contributed by atoms with Crippen LogP contribution in [-0.2, 0) is 16.7 Å². The summed E-state index contributed by atoms with van der Waals surface area (Å²) in [5.41, 5.74) is 0.0968. The second-order valence-corrected chi connectivity index (χ2v) is 6.65. The first-order valence-corrected chi connectivity index (χ1v) is 9.09. The van der Waals surface area contributed by atoms with Crippen molar-refractivity contribution >= 4 is 29.1 Å². The van der Waals surface area contributed by atoms with E-state index in [1.807, 2.05) is 0 Å². The van der Waals surface area contributed by atoms with Crippen LogP contribution in [0.25, 0.3) is 0 Å². The van der Waals surface area contributed by atoms with Crippen LogP contribution >= 0.6 is 11.8 Å². The molecule has 0 saturated carbocycles. The largest absolute Gasteiger partial charge is 0.496 e. The Morgan fingerprint density at radius 1 is 1.15 bits per heavy atom. The number of Topliss-reactive ketones (excluding diaryl/α,β-unsaturated/α-hetero) is 1. The van der Waals surface area contributed by atoms with Gasteiger partial charge in [-0.2, -0.15) is 13.2 Å². The van der Waals surface area contributed by atoms with Crippen molar-refractivity contribution in [1.29, 1.82) is 0 Å². The number of thioether (sulfide) groups is 1. The van der Waals surface area contributed by atoms with Gasteiger partial charge in [0, 0.05) is 16.9 Å². The van der Waals surface area contributed by atoms with E-state index in [4.69, 9.17) is 4.74 Å². The molecule has 2 aromatic rings. The third kappa shape index (κ3) is 5.75. The highest BCUT2D eigenvalue weighted by molar-refractivity contribution is 7.99. The zero-order chi connectivity index (χ0) is 20.0. The third-order valence-corrected chi connectivity index (χ3v) is 4.67. The lowest BCUT2D eigenvalue weighted by Crippen LogP contribution is -2.18. The number of halogens is 3. The summed E-state index contributed by atoms with van der Waals surface area (Å²) in [7, 11) is 1.50. The van der Waals surface area contributed by atoms with Gasteiger partial charge >= 0.3 is 6.18 Å². The van der Waals surface area contributed by atoms with Crippen molar-refractivity contribution < 1.29 is 27.5 Å². The summed E-state index contributed by atoms with van der Waals surface area (Å²) in [6.07, 6.45) is -4.54. The van der Waals surface area contributed by atoms with Crippen LogP contribution in [0.4, 0.5) is 18.9 Å². The standard InChI is InChI=1S/C19H18F3NO3S/c1-12(24)13-7-8-17(26-2)14(9-13)10-27-11-18(25)23-16-6-4-3-5-15(16)19(20,21)22/h3-9H,10-11H2,1-2H3,(H,23,25). The van der Waals surface area contributed by atoms with Crippen molar-refractivity contribution in [2.75, 3.05) is 18.2 Å². The zero-order valence-corrected chi connectivity index (χ0v) is 15.5. The fourth-order valence-electron chi connectivity index (χ4n) is 2.39. The van der Waals surface area contributed by atoms with E-state index in [0.717, 1.165) is 11.6 Å².